The summed E-state index contributed by atoms with van der Waals surface area (Å²) in [6.07, 6.45) is 0. The van der Waals surface area contributed by atoms with E-state index in [1.165, 1.54) is 18.9 Å². The molecule has 0 bridgehead atoms. The number of nitrogens with zero attached hydrogens (tertiary/aromatic N) is 2. The minimum atomic E-state index is -1.00. The highest BCUT2D eigenvalue weighted by Crippen LogP contribution is 2.19. The van der Waals surface area contributed by atoms with Crippen LogP contribution in [0.3, 0.4) is 0 Å². The van der Waals surface area contributed by atoms with E-state index in [0.717, 1.165) is 16.6 Å². The summed E-state index contributed by atoms with van der Waals surface area (Å²) >= 11 is 0. The van der Waals surface area contributed by atoms with Gasteiger partial charge in [-0.15, -0.1) is 0 Å². The Morgan fingerprint density at radius 2 is 2.00 bits per heavy atom. The van der Waals surface area contributed by atoms with Crippen LogP contribution >= 0.6 is 0 Å². The van der Waals surface area contributed by atoms with E-state index >= 15 is 0 Å². The topological polar surface area (TPSA) is 62.5 Å². The molecule has 1 amide bonds. The third kappa shape index (κ3) is 2.52. The number of hydrogen-bond acceptors (Lipinski definition) is 2. The number of amides is 1. The molecule has 1 unspecified atom stereocenters. The molecular weight excluding hydrogens is 256 g/mol. The van der Waals surface area contributed by atoms with Crippen molar-refractivity contribution in [3.8, 4) is 0 Å². The van der Waals surface area contributed by atoms with Gasteiger partial charge in [-0.25, -0.2) is 4.79 Å². The van der Waals surface area contributed by atoms with Crippen LogP contribution in [0.1, 0.15) is 12.6 Å². The fourth-order valence-corrected chi connectivity index (χ4v) is 2.19. The molecule has 106 valence electrons. The van der Waals surface area contributed by atoms with Crippen molar-refractivity contribution >= 4 is 22.8 Å². The Balaban J connectivity index is 2.26. The number of aliphatic carboxylic acids is 1. The molecule has 0 saturated heterocycles. The zero-order chi connectivity index (χ0) is 14.9. The summed E-state index contributed by atoms with van der Waals surface area (Å²) < 4.78 is 1.91. The van der Waals surface area contributed by atoms with Gasteiger partial charge in [0.1, 0.15) is 12.6 Å². The summed E-state index contributed by atoms with van der Waals surface area (Å²) in [5, 5.41) is 10.0. The maximum absolute atomic E-state index is 12.2. The fourth-order valence-electron chi connectivity index (χ4n) is 2.19. The first kappa shape index (κ1) is 14.1. The predicted octanol–water partition coefficient (Wildman–Crippen LogP) is 1.88. The number of fused-ring (bicyclic) bond motifs is 1. The lowest BCUT2D eigenvalue weighted by atomic mass is 10.2. The zero-order valence-electron chi connectivity index (χ0n) is 11.8. The van der Waals surface area contributed by atoms with E-state index in [1.807, 2.05) is 41.8 Å². The summed E-state index contributed by atoms with van der Waals surface area (Å²) in [6.45, 7) is 3.59. The molecule has 0 fully saturated rings. The Hall–Kier alpha value is -2.30. The van der Waals surface area contributed by atoms with Crippen LogP contribution in [0.4, 0.5) is 0 Å². The molecule has 0 spiro atoms. The number of carboxylic acid groups (broad SMARTS) is 1. The van der Waals surface area contributed by atoms with Crippen molar-refractivity contribution < 1.29 is 14.7 Å². The van der Waals surface area contributed by atoms with Crippen molar-refractivity contribution in [1.82, 2.24) is 9.47 Å². The highest BCUT2D eigenvalue weighted by molar-refractivity contribution is 5.86. The average molecular weight is 274 g/mol. The molecule has 1 heterocycles. The van der Waals surface area contributed by atoms with Crippen molar-refractivity contribution in [3.05, 3.63) is 36.0 Å². The second-order valence-electron chi connectivity index (χ2n) is 4.95. The normalized spacial score (nSPS) is 12.3. The summed E-state index contributed by atoms with van der Waals surface area (Å²) in [5.41, 5.74) is 1.96. The Labute approximate surface area is 117 Å². The summed E-state index contributed by atoms with van der Waals surface area (Å²) in [5.74, 6) is -1.22. The molecule has 5 heteroatoms. The first-order valence-corrected chi connectivity index (χ1v) is 6.45. The van der Waals surface area contributed by atoms with Gasteiger partial charge in [-0.3, -0.25) is 4.79 Å². The van der Waals surface area contributed by atoms with Crippen LogP contribution < -0.4 is 0 Å². The van der Waals surface area contributed by atoms with Gasteiger partial charge >= 0.3 is 5.97 Å². The summed E-state index contributed by atoms with van der Waals surface area (Å²) in [7, 11) is 1.52. The van der Waals surface area contributed by atoms with E-state index < -0.39 is 12.0 Å². The first-order chi connectivity index (χ1) is 9.41. The van der Waals surface area contributed by atoms with Crippen LogP contribution in [0.25, 0.3) is 10.9 Å². The quantitative estimate of drug-likeness (QED) is 0.926. The highest BCUT2D eigenvalue weighted by Gasteiger charge is 2.22. The monoisotopic (exact) mass is 274 g/mol. The van der Waals surface area contributed by atoms with Gasteiger partial charge in [0.05, 0.1) is 0 Å². The van der Waals surface area contributed by atoms with Crippen LogP contribution in [0, 0.1) is 6.92 Å². The molecule has 2 rings (SSSR count). The lowest BCUT2D eigenvalue weighted by Crippen LogP contribution is -2.41. The first-order valence-electron chi connectivity index (χ1n) is 6.45. The van der Waals surface area contributed by atoms with Crippen molar-refractivity contribution in [2.24, 2.45) is 0 Å². The summed E-state index contributed by atoms with van der Waals surface area (Å²) in [6, 6.07) is 9.01. The van der Waals surface area contributed by atoms with Crippen molar-refractivity contribution in [3.63, 3.8) is 0 Å². The second kappa shape index (κ2) is 5.36. The van der Waals surface area contributed by atoms with Gasteiger partial charge in [0.25, 0.3) is 0 Å². The van der Waals surface area contributed by atoms with E-state index in [4.69, 9.17) is 5.11 Å². The number of aromatic nitrogens is 1. The van der Waals surface area contributed by atoms with E-state index in [2.05, 4.69) is 0 Å². The fraction of sp³-hybridized carbons (Fsp3) is 0.333. The number of rotatable bonds is 4. The zero-order valence-corrected chi connectivity index (χ0v) is 11.8. The number of hydrogen-bond donors (Lipinski definition) is 1. The van der Waals surface area contributed by atoms with Crippen molar-refractivity contribution in [2.75, 3.05) is 7.05 Å². The van der Waals surface area contributed by atoms with Crippen LogP contribution in [0.2, 0.25) is 0 Å². The molecule has 0 saturated carbocycles. The van der Waals surface area contributed by atoms with Crippen LogP contribution in [0.5, 0.6) is 0 Å². The van der Waals surface area contributed by atoms with Crippen molar-refractivity contribution in [1.29, 1.82) is 0 Å². The Bertz CT molecular complexity index is 660. The molecule has 0 aliphatic carbocycles. The molecule has 0 aliphatic heterocycles. The van der Waals surface area contributed by atoms with Crippen molar-refractivity contribution in [2.45, 2.75) is 26.4 Å². The number of carboxylic acids is 1. The van der Waals surface area contributed by atoms with Crippen LogP contribution in [0.15, 0.2) is 30.3 Å². The molecular formula is C15H18N2O3. The molecule has 2 aromatic rings. The Kier molecular flexibility index (Phi) is 3.79. The molecule has 0 aliphatic rings. The van der Waals surface area contributed by atoms with Gasteiger partial charge in [-0.2, -0.15) is 0 Å². The van der Waals surface area contributed by atoms with Gasteiger partial charge in [0.2, 0.25) is 5.91 Å². The van der Waals surface area contributed by atoms with Gasteiger partial charge in [0.15, 0.2) is 0 Å². The minimum Gasteiger partial charge on any atom is -0.480 e. The number of benzene rings is 1. The van der Waals surface area contributed by atoms with Crippen LogP contribution in [-0.2, 0) is 16.1 Å². The van der Waals surface area contributed by atoms with E-state index in [9.17, 15) is 9.59 Å². The maximum Gasteiger partial charge on any atom is 0.326 e. The number of aryl methyl sites for hydroxylation is 1. The Morgan fingerprint density at radius 1 is 1.35 bits per heavy atom. The van der Waals surface area contributed by atoms with E-state index in [1.54, 1.807) is 0 Å². The minimum absolute atomic E-state index is 0.146. The third-order valence-electron chi connectivity index (χ3n) is 3.64. The third-order valence-corrected chi connectivity index (χ3v) is 3.64. The molecule has 1 atom stereocenters. The molecule has 1 aromatic heterocycles. The maximum atomic E-state index is 12.2. The van der Waals surface area contributed by atoms with Gasteiger partial charge in [0, 0.05) is 18.3 Å². The smallest absolute Gasteiger partial charge is 0.326 e. The SMILES string of the molecule is Cc1cc2ccccc2n1CC(=O)N(C)C(C)C(=O)O. The number of carbonyl (C=O) groups is 2. The highest BCUT2D eigenvalue weighted by atomic mass is 16.4. The van der Waals surface area contributed by atoms with E-state index in [-0.39, 0.29) is 12.5 Å². The van der Waals surface area contributed by atoms with Crippen LogP contribution in [-0.4, -0.2) is 39.5 Å². The standard InChI is InChI=1S/C15H18N2O3/c1-10-8-12-6-4-5-7-13(12)17(10)9-14(18)16(3)11(2)15(19)20/h4-8,11H,9H2,1-3H3,(H,19,20). The molecule has 1 N–H and O–H groups in total. The lowest BCUT2D eigenvalue weighted by Gasteiger charge is -2.22. The lowest BCUT2D eigenvalue weighted by molar-refractivity contribution is -0.148. The largest absolute Gasteiger partial charge is 0.480 e. The van der Waals surface area contributed by atoms with Gasteiger partial charge < -0.3 is 14.6 Å². The average Bonchev–Trinajstić information content (AvgIpc) is 2.73. The molecule has 1 aromatic carbocycles. The predicted molar refractivity (Wildman–Crippen MR) is 76.5 cm³/mol. The molecule has 5 nitrogen and oxygen atoms in total. The Morgan fingerprint density at radius 3 is 2.65 bits per heavy atom. The summed E-state index contributed by atoms with van der Waals surface area (Å²) in [4.78, 5) is 24.4. The molecule has 0 radical (unpaired) electrons. The molecule has 20 heavy (non-hydrogen) atoms. The number of likely N-dealkylation sites (N-methyl/N-ethyl adjacent to an activating group) is 1. The van der Waals surface area contributed by atoms with E-state index in [0.29, 0.717) is 0 Å². The van der Waals surface area contributed by atoms with Gasteiger partial charge in [-0.1, -0.05) is 18.2 Å². The second-order valence-corrected chi connectivity index (χ2v) is 4.95. The number of para-hydroxylation sites is 1. The number of carbonyl (C=O) groups excluding carboxylic acids is 1. The van der Waals surface area contributed by atoms with Gasteiger partial charge in [-0.05, 0) is 31.4 Å².